The molecule has 0 atom stereocenters. The van der Waals surface area contributed by atoms with E-state index < -0.39 is 0 Å². The van der Waals surface area contributed by atoms with Gasteiger partial charge in [0.25, 0.3) is 0 Å². The van der Waals surface area contributed by atoms with Gasteiger partial charge in [0.2, 0.25) is 5.91 Å². The van der Waals surface area contributed by atoms with E-state index in [2.05, 4.69) is 17.5 Å². The van der Waals surface area contributed by atoms with Crippen molar-refractivity contribution in [3.8, 4) is 0 Å². The Labute approximate surface area is 155 Å². The number of ether oxygens (including phenoxy) is 2. The van der Waals surface area contributed by atoms with Crippen LogP contribution >= 0.6 is 0 Å². The Hall–Kier alpha value is -2.34. The van der Waals surface area contributed by atoms with Crippen LogP contribution in [0.2, 0.25) is 0 Å². The van der Waals surface area contributed by atoms with Gasteiger partial charge in [-0.3, -0.25) is 9.59 Å². The van der Waals surface area contributed by atoms with Crippen molar-refractivity contribution in [3.63, 3.8) is 0 Å². The minimum absolute atomic E-state index is 0.00141. The molecule has 1 saturated heterocycles. The highest BCUT2D eigenvalue weighted by Gasteiger charge is 2.21. The number of benzene rings is 1. The zero-order chi connectivity index (χ0) is 18.8. The number of rotatable bonds is 9. The second kappa shape index (κ2) is 10.6. The zero-order valence-corrected chi connectivity index (χ0v) is 15.4. The predicted octanol–water partition coefficient (Wildman–Crippen LogP) is 2.05. The Morgan fingerprint density at radius 2 is 1.81 bits per heavy atom. The van der Waals surface area contributed by atoms with Gasteiger partial charge in [0.05, 0.1) is 19.6 Å². The van der Waals surface area contributed by atoms with Crippen LogP contribution in [0, 0.1) is 6.07 Å². The SMILES string of the molecule is C=C(C)COCCOC(=O)CCC(=O)N1CCN(c2cc[c]cc2)CC1. The summed E-state index contributed by atoms with van der Waals surface area (Å²) in [4.78, 5) is 28.0. The lowest BCUT2D eigenvalue weighted by Crippen LogP contribution is -2.48. The first-order chi connectivity index (χ1) is 12.6. The Morgan fingerprint density at radius 3 is 2.46 bits per heavy atom. The predicted molar refractivity (Wildman–Crippen MR) is 99.9 cm³/mol. The molecule has 1 aliphatic rings. The molecule has 0 aliphatic carbocycles. The van der Waals surface area contributed by atoms with Crippen LogP contribution in [0.3, 0.4) is 0 Å². The summed E-state index contributed by atoms with van der Waals surface area (Å²) < 4.78 is 10.3. The quantitative estimate of drug-likeness (QED) is 0.384. The maximum Gasteiger partial charge on any atom is 0.306 e. The van der Waals surface area contributed by atoms with Crippen molar-refractivity contribution >= 4 is 17.6 Å². The van der Waals surface area contributed by atoms with Gasteiger partial charge in [-0.05, 0) is 25.1 Å². The van der Waals surface area contributed by atoms with E-state index in [0.29, 0.717) is 26.3 Å². The van der Waals surface area contributed by atoms with E-state index in [4.69, 9.17) is 9.47 Å². The van der Waals surface area contributed by atoms with Crippen LogP contribution in [0.5, 0.6) is 0 Å². The van der Waals surface area contributed by atoms with Crippen molar-refractivity contribution in [3.05, 3.63) is 42.5 Å². The third kappa shape index (κ3) is 6.88. The fraction of sp³-hybridized carbons (Fsp3) is 0.500. The van der Waals surface area contributed by atoms with Gasteiger partial charge in [-0.1, -0.05) is 24.3 Å². The van der Waals surface area contributed by atoms with Crippen LogP contribution < -0.4 is 4.90 Å². The molecule has 0 unspecified atom stereocenters. The smallest absolute Gasteiger partial charge is 0.306 e. The molecule has 1 aliphatic heterocycles. The molecule has 0 bridgehead atoms. The van der Waals surface area contributed by atoms with Crippen LogP contribution in [0.4, 0.5) is 5.69 Å². The standard InChI is InChI=1S/C20H27N2O4/c1-17(2)16-25-14-15-26-20(24)9-8-19(23)22-12-10-21(11-13-22)18-6-4-3-5-7-18/h4-7H,1,8-16H2,2H3. The van der Waals surface area contributed by atoms with Gasteiger partial charge in [-0.25, -0.2) is 0 Å². The van der Waals surface area contributed by atoms with Crippen LogP contribution in [0.25, 0.3) is 0 Å². The first-order valence-electron chi connectivity index (χ1n) is 8.93. The van der Waals surface area contributed by atoms with Gasteiger partial charge < -0.3 is 19.3 Å². The summed E-state index contributed by atoms with van der Waals surface area (Å²) in [5.74, 6) is -0.363. The van der Waals surface area contributed by atoms with Gasteiger partial charge in [-0.2, -0.15) is 0 Å². The maximum atomic E-state index is 12.3. The molecule has 0 N–H and O–H groups in total. The van der Waals surface area contributed by atoms with Gasteiger partial charge in [0.1, 0.15) is 6.61 Å². The van der Waals surface area contributed by atoms with Crippen molar-refractivity contribution in [2.75, 3.05) is 50.9 Å². The van der Waals surface area contributed by atoms with Crippen molar-refractivity contribution < 1.29 is 19.1 Å². The molecule has 1 heterocycles. The van der Waals surface area contributed by atoms with Crippen LogP contribution in [-0.4, -0.2) is 62.8 Å². The summed E-state index contributed by atoms with van der Waals surface area (Å²) in [6.07, 6.45) is 0.291. The minimum Gasteiger partial charge on any atom is -0.463 e. The lowest BCUT2D eigenvalue weighted by molar-refractivity contribution is -0.147. The number of piperazine rings is 1. The molecule has 0 aromatic heterocycles. The summed E-state index contributed by atoms with van der Waals surface area (Å²) in [6, 6.07) is 10.8. The maximum absolute atomic E-state index is 12.3. The highest BCUT2D eigenvalue weighted by molar-refractivity contribution is 5.81. The average molecular weight is 359 g/mol. The van der Waals surface area contributed by atoms with Gasteiger partial charge in [-0.15, -0.1) is 0 Å². The second-order valence-electron chi connectivity index (χ2n) is 6.36. The topological polar surface area (TPSA) is 59.1 Å². The Morgan fingerprint density at radius 1 is 1.12 bits per heavy atom. The molecular formula is C20H27N2O4. The number of hydrogen-bond donors (Lipinski definition) is 0. The van der Waals surface area contributed by atoms with Crippen LogP contribution in [0.1, 0.15) is 19.8 Å². The number of carbonyl (C=O) groups is 2. The Kier molecular flexibility index (Phi) is 8.15. The van der Waals surface area contributed by atoms with Crippen LogP contribution in [0.15, 0.2) is 36.4 Å². The van der Waals surface area contributed by atoms with E-state index in [1.807, 2.05) is 36.1 Å². The molecule has 26 heavy (non-hydrogen) atoms. The van der Waals surface area contributed by atoms with Crippen molar-refractivity contribution in [2.45, 2.75) is 19.8 Å². The second-order valence-corrected chi connectivity index (χ2v) is 6.36. The highest BCUT2D eigenvalue weighted by atomic mass is 16.6. The fourth-order valence-corrected chi connectivity index (χ4v) is 2.70. The molecule has 1 aromatic carbocycles. The first-order valence-corrected chi connectivity index (χ1v) is 8.93. The van der Waals surface area contributed by atoms with E-state index >= 15 is 0 Å². The lowest BCUT2D eigenvalue weighted by Gasteiger charge is -2.36. The van der Waals surface area contributed by atoms with E-state index in [-0.39, 0.29) is 31.3 Å². The monoisotopic (exact) mass is 359 g/mol. The largest absolute Gasteiger partial charge is 0.463 e. The summed E-state index contributed by atoms with van der Waals surface area (Å²) in [5.41, 5.74) is 2.07. The molecule has 0 saturated carbocycles. The molecule has 1 aromatic rings. The minimum atomic E-state index is -0.364. The lowest BCUT2D eigenvalue weighted by atomic mass is 10.2. The van der Waals surface area contributed by atoms with E-state index in [9.17, 15) is 9.59 Å². The Bertz CT molecular complexity index is 595. The van der Waals surface area contributed by atoms with Gasteiger partial charge >= 0.3 is 5.97 Å². The van der Waals surface area contributed by atoms with Crippen molar-refractivity contribution in [1.29, 1.82) is 0 Å². The summed E-state index contributed by atoms with van der Waals surface area (Å²) >= 11 is 0. The molecule has 1 amide bonds. The first kappa shape index (κ1) is 20.0. The van der Waals surface area contributed by atoms with Crippen LogP contribution in [-0.2, 0) is 19.1 Å². The molecule has 6 heteroatoms. The normalized spacial score (nSPS) is 14.2. The summed E-state index contributed by atoms with van der Waals surface area (Å²) in [6.45, 7) is 9.52. The van der Waals surface area contributed by atoms with Crippen molar-refractivity contribution in [1.82, 2.24) is 4.90 Å². The molecule has 2 rings (SSSR count). The summed E-state index contributed by atoms with van der Waals surface area (Å²) in [7, 11) is 0. The van der Waals surface area contributed by atoms with E-state index in [0.717, 1.165) is 24.4 Å². The number of nitrogens with zero attached hydrogens (tertiary/aromatic N) is 2. The third-order valence-corrected chi connectivity index (χ3v) is 4.08. The summed E-state index contributed by atoms with van der Waals surface area (Å²) in [5, 5.41) is 0. The number of amides is 1. The number of anilines is 1. The number of esters is 1. The average Bonchev–Trinajstić information content (AvgIpc) is 2.66. The number of hydrogen-bond acceptors (Lipinski definition) is 5. The van der Waals surface area contributed by atoms with E-state index in [1.54, 1.807) is 0 Å². The van der Waals surface area contributed by atoms with Gasteiger partial charge in [0.15, 0.2) is 0 Å². The van der Waals surface area contributed by atoms with E-state index in [1.165, 1.54) is 0 Å². The number of carbonyl (C=O) groups excluding carboxylic acids is 2. The molecule has 1 fully saturated rings. The third-order valence-electron chi connectivity index (χ3n) is 4.08. The Balaban J connectivity index is 1.60. The van der Waals surface area contributed by atoms with Crippen molar-refractivity contribution in [2.24, 2.45) is 0 Å². The molecule has 141 valence electrons. The van der Waals surface area contributed by atoms with Gasteiger partial charge in [0, 0.05) is 38.3 Å². The highest BCUT2D eigenvalue weighted by Crippen LogP contribution is 2.16. The molecule has 0 spiro atoms. The molecular weight excluding hydrogens is 332 g/mol. The molecule has 1 radical (unpaired) electrons. The fourth-order valence-electron chi connectivity index (χ4n) is 2.70. The zero-order valence-electron chi connectivity index (χ0n) is 15.4. The molecule has 6 nitrogen and oxygen atoms in total.